The molecule has 0 aliphatic carbocycles. The maximum atomic E-state index is 10.7. The van der Waals surface area contributed by atoms with Crippen molar-refractivity contribution in [3.8, 4) is 0 Å². The largest absolute Gasteiger partial charge is 0.481 e. The van der Waals surface area contributed by atoms with Gasteiger partial charge in [-0.3, -0.25) is 19.6 Å². The highest BCUT2D eigenvalue weighted by Gasteiger charge is 2.18. The van der Waals surface area contributed by atoms with Gasteiger partial charge in [-0.2, -0.15) is 0 Å². The van der Waals surface area contributed by atoms with Crippen LogP contribution in [-0.2, 0) is 11.8 Å². The third-order valence-corrected chi connectivity index (χ3v) is 2.48. The van der Waals surface area contributed by atoms with Crippen molar-refractivity contribution >= 4 is 17.5 Å². The van der Waals surface area contributed by atoms with E-state index in [1.165, 1.54) is 10.9 Å². The lowest BCUT2D eigenvalue weighted by Gasteiger charge is -2.10. The Morgan fingerprint density at radius 3 is 2.94 bits per heavy atom. The molecule has 0 amide bonds. The first-order chi connectivity index (χ1) is 8.40. The van der Waals surface area contributed by atoms with Crippen LogP contribution in [0.15, 0.2) is 6.20 Å². The first kappa shape index (κ1) is 13.9. The predicted octanol–water partition coefficient (Wildman–Crippen LogP) is 1.24. The summed E-state index contributed by atoms with van der Waals surface area (Å²) >= 11 is 0. The van der Waals surface area contributed by atoms with Gasteiger partial charge in [-0.05, 0) is 12.3 Å². The lowest BCUT2D eigenvalue weighted by Crippen LogP contribution is -2.13. The molecule has 8 nitrogen and oxygen atoms in total. The zero-order valence-electron chi connectivity index (χ0n) is 10.3. The molecule has 1 unspecified atom stereocenters. The zero-order valence-corrected chi connectivity index (χ0v) is 10.3. The minimum Gasteiger partial charge on any atom is -0.481 e. The van der Waals surface area contributed by atoms with E-state index >= 15 is 0 Å². The summed E-state index contributed by atoms with van der Waals surface area (Å²) in [6.45, 7) is 2.33. The first-order valence-electron chi connectivity index (χ1n) is 5.54. The average molecular weight is 256 g/mol. The Morgan fingerprint density at radius 1 is 1.72 bits per heavy atom. The van der Waals surface area contributed by atoms with Gasteiger partial charge < -0.3 is 10.4 Å². The van der Waals surface area contributed by atoms with E-state index in [1.54, 1.807) is 7.05 Å². The monoisotopic (exact) mass is 256 g/mol. The van der Waals surface area contributed by atoms with Gasteiger partial charge >= 0.3 is 11.7 Å². The summed E-state index contributed by atoms with van der Waals surface area (Å²) in [7, 11) is 1.60. The number of nitrogens with one attached hydrogen (secondary N) is 1. The molecule has 0 aromatic carbocycles. The van der Waals surface area contributed by atoms with Crippen molar-refractivity contribution in [1.82, 2.24) is 9.78 Å². The molecule has 1 aromatic heterocycles. The predicted molar refractivity (Wildman–Crippen MR) is 64.4 cm³/mol. The lowest BCUT2D eigenvalue weighted by atomic mass is 10.1. The third-order valence-electron chi connectivity index (χ3n) is 2.48. The molecule has 1 heterocycles. The fourth-order valence-corrected chi connectivity index (χ4v) is 1.48. The van der Waals surface area contributed by atoms with Crippen LogP contribution in [0.2, 0.25) is 0 Å². The maximum Gasteiger partial charge on any atom is 0.330 e. The minimum absolute atomic E-state index is 0.0806. The van der Waals surface area contributed by atoms with Crippen LogP contribution in [-0.4, -0.2) is 32.3 Å². The summed E-state index contributed by atoms with van der Waals surface area (Å²) in [6, 6.07) is 0. The van der Waals surface area contributed by atoms with E-state index < -0.39 is 10.9 Å². The Hall–Kier alpha value is -2.12. The van der Waals surface area contributed by atoms with Gasteiger partial charge in [-0.15, -0.1) is 5.10 Å². The highest BCUT2D eigenvalue weighted by Crippen LogP contribution is 2.21. The van der Waals surface area contributed by atoms with Crippen LogP contribution < -0.4 is 5.32 Å². The number of anilines is 1. The summed E-state index contributed by atoms with van der Waals surface area (Å²) in [6.07, 6.45) is 1.93. The summed E-state index contributed by atoms with van der Waals surface area (Å²) in [5.41, 5.74) is -0.0806. The van der Waals surface area contributed by atoms with Crippen LogP contribution in [0.4, 0.5) is 11.5 Å². The van der Waals surface area contributed by atoms with Gasteiger partial charge in [0, 0.05) is 20.0 Å². The van der Waals surface area contributed by atoms with Crippen LogP contribution in [0.3, 0.4) is 0 Å². The Balaban J connectivity index is 2.52. The Morgan fingerprint density at radius 2 is 2.39 bits per heavy atom. The van der Waals surface area contributed by atoms with E-state index in [2.05, 4.69) is 10.4 Å². The zero-order chi connectivity index (χ0) is 13.7. The van der Waals surface area contributed by atoms with Crippen molar-refractivity contribution in [3.05, 3.63) is 16.3 Å². The molecule has 0 saturated heterocycles. The van der Waals surface area contributed by atoms with E-state index in [9.17, 15) is 14.9 Å². The van der Waals surface area contributed by atoms with Gasteiger partial charge in [0.1, 0.15) is 6.20 Å². The highest BCUT2D eigenvalue weighted by atomic mass is 16.6. The number of aliphatic carboxylic acids is 1. The topological polar surface area (TPSA) is 110 Å². The number of carboxylic acid groups (broad SMARTS) is 1. The summed E-state index contributed by atoms with van der Waals surface area (Å²) in [5, 5.41) is 26.1. The fraction of sp³-hybridized carbons (Fsp3) is 0.600. The van der Waals surface area contributed by atoms with Crippen LogP contribution >= 0.6 is 0 Å². The van der Waals surface area contributed by atoms with Gasteiger partial charge in [-0.25, -0.2) is 0 Å². The SMILES string of the molecule is CC(CCC(=O)O)CNc1nn(C)cc1[N+](=O)[O-]. The molecule has 0 saturated carbocycles. The second-order valence-electron chi connectivity index (χ2n) is 4.21. The molecule has 2 N–H and O–H groups in total. The Bertz CT molecular complexity index is 443. The molecular formula is C10H16N4O4. The molecule has 0 spiro atoms. The second-order valence-corrected chi connectivity index (χ2v) is 4.21. The molecule has 0 fully saturated rings. The molecule has 1 aromatic rings. The molecule has 18 heavy (non-hydrogen) atoms. The normalized spacial score (nSPS) is 12.1. The number of rotatable bonds is 7. The fourth-order valence-electron chi connectivity index (χ4n) is 1.48. The van der Waals surface area contributed by atoms with Gasteiger partial charge in [0.05, 0.1) is 4.92 Å². The van der Waals surface area contributed by atoms with Gasteiger partial charge in [0.25, 0.3) is 0 Å². The number of hydrogen-bond donors (Lipinski definition) is 2. The van der Waals surface area contributed by atoms with Crippen molar-refractivity contribution in [2.45, 2.75) is 19.8 Å². The number of carboxylic acids is 1. The Kier molecular flexibility index (Phi) is 4.64. The number of aromatic nitrogens is 2. The Labute approximate surface area is 104 Å². The van der Waals surface area contributed by atoms with Crippen molar-refractivity contribution in [1.29, 1.82) is 0 Å². The van der Waals surface area contributed by atoms with Crippen molar-refractivity contribution in [2.24, 2.45) is 13.0 Å². The summed E-state index contributed by atoms with van der Waals surface area (Å²) in [5.74, 6) is -0.530. The standard InChI is InChI=1S/C10H16N4O4/c1-7(3-4-9(15)16)5-11-10-8(14(17)18)6-13(2)12-10/h6-7H,3-5H2,1-2H3,(H,11,12)(H,15,16). The van der Waals surface area contributed by atoms with Crippen LogP contribution in [0, 0.1) is 16.0 Å². The van der Waals surface area contributed by atoms with Gasteiger partial charge in [0.2, 0.25) is 5.82 Å². The molecule has 1 atom stereocenters. The van der Waals surface area contributed by atoms with Crippen molar-refractivity contribution < 1.29 is 14.8 Å². The number of carbonyl (C=O) groups is 1. The van der Waals surface area contributed by atoms with Crippen LogP contribution in [0.5, 0.6) is 0 Å². The number of nitrogens with zero attached hydrogens (tertiary/aromatic N) is 3. The molecule has 0 aliphatic heterocycles. The summed E-state index contributed by atoms with van der Waals surface area (Å²) in [4.78, 5) is 20.6. The smallest absolute Gasteiger partial charge is 0.330 e. The van der Waals surface area contributed by atoms with Crippen LogP contribution in [0.25, 0.3) is 0 Å². The second kappa shape index (κ2) is 5.99. The van der Waals surface area contributed by atoms with E-state index in [0.717, 1.165) is 0 Å². The minimum atomic E-state index is -0.842. The maximum absolute atomic E-state index is 10.7. The average Bonchev–Trinajstić information content (AvgIpc) is 2.65. The van der Waals surface area contributed by atoms with Gasteiger partial charge in [0.15, 0.2) is 0 Å². The van der Waals surface area contributed by atoms with Crippen molar-refractivity contribution in [2.75, 3.05) is 11.9 Å². The number of hydrogen-bond acceptors (Lipinski definition) is 5. The van der Waals surface area contributed by atoms with E-state index in [4.69, 9.17) is 5.11 Å². The molecule has 0 radical (unpaired) electrons. The molecule has 8 heteroatoms. The van der Waals surface area contributed by atoms with Crippen molar-refractivity contribution in [3.63, 3.8) is 0 Å². The third kappa shape index (κ3) is 4.04. The van der Waals surface area contributed by atoms with E-state index in [-0.39, 0.29) is 23.8 Å². The quantitative estimate of drug-likeness (QED) is 0.561. The molecule has 0 aliphatic rings. The molecular weight excluding hydrogens is 240 g/mol. The highest BCUT2D eigenvalue weighted by molar-refractivity contribution is 5.66. The number of nitro groups is 1. The number of aryl methyl sites for hydroxylation is 1. The molecule has 0 bridgehead atoms. The van der Waals surface area contributed by atoms with Gasteiger partial charge in [-0.1, -0.05) is 6.92 Å². The van der Waals surface area contributed by atoms with E-state index in [1.807, 2.05) is 6.92 Å². The van der Waals surface area contributed by atoms with Crippen LogP contribution in [0.1, 0.15) is 19.8 Å². The van der Waals surface area contributed by atoms with E-state index in [0.29, 0.717) is 13.0 Å². The molecule has 100 valence electrons. The summed E-state index contributed by atoms with van der Waals surface area (Å²) < 4.78 is 1.36. The molecule has 1 rings (SSSR count). The lowest BCUT2D eigenvalue weighted by molar-refractivity contribution is -0.384. The first-order valence-corrected chi connectivity index (χ1v) is 5.54.